The van der Waals surface area contributed by atoms with E-state index < -0.39 is 0 Å². The molecule has 5 nitrogen and oxygen atoms in total. The van der Waals surface area contributed by atoms with Crippen molar-refractivity contribution in [3.63, 3.8) is 0 Å². The Morgan fingerprint density at radius 2 is 2.14 bits per heavy atom. The van der Waals surface area contributed by atoms with E-state index in [1.54, 1.807) is 11.3 Å². The van der Waals surface area contributed by atoms with Crippen LogP contribution in [0.4, 0.5) is 0 Å². The summed E-state index contributed by atoms with van der Waals surface area (Å²) in [4.78, 5) is 27.7. The Bertz CT molecular complexity index is 849. The van der Waals surface area contributed by atoms with Crippen LogP contribution in [-0.2, 0) is 22.4 Å². The summed E-state index contributed by atoms with van der Waals surface area (Å²) < 4.78 is 11.8. The third-order valence-electron chi connectivity index (χ3n) is 5.60. The number of ether oxygens (including phenoxy) is 2. The van der Waals surface area contributed by atoms with Gasteiger partial charge in [-0.2, -0.15) is 0 Å². The van der Waals surface area contributed by atoms with Gasteiger partial charge >= 0.3 is 0 Å². The lowest BCUT2D eigenvalue weighted by atomic mass is 10.1. The molecule has 154 valence electrons. The molecule has 1 atom stereocenters. The van der Waals surface area contributed by atoms with E-state index >= 15 is 0 Å². The van der Waals surface area contributed by atoms with Crippen molar-refractivity contribution >= 4 is 23.0 Å². The van der Waals surface area contributed by atoms with Gasteiger partial charge in [0.15, 0.2) is 5.78 Å². The van der Waals surface area contributed by atoms with Crippen molar-refractivity contribution in [3.05, 3.63) is 51.7 Å². The molecule has 1 aliphatic heterocycles. The van der Waals surface area contributed by atoms with Crippen LogP contribution in [0.3, 0.4) is 0 Å². The molecule has 29 heavy (non-hydrogen) atoms. The normalized spacial score (nSPS) is 18.7. The second kappa shape index (κ2) is 9.55. The van der Waals surface area contributed by atoms with Crippen LogP contribution in [-0.4, -0.2) is 49.0 Å². The molecule has 1 unspecified atom stereocenters. The monoisotopic (exact) mass is 413 g/mol. The summed E-state index contributed by atoms with van der Waals surface area (Å²) in [5, 5.41) is 2.10. The van der Waals surface area contributed by atoms with Gasteiger partial charge in [-0.15, -0.1) is 11.3 Å². The van der Waals surface area contributed by atoms with Crippen LogP contribution in [0.5, 0.6) is 5.75 Å². The zero-order valence-corrected chi connectivity index (χ0v) is 17.4. The first-order valence-corrected chi connectivity index (χ1v) is 11.3. The Labute approximate surface area is 175 Å². The van der Waals surface area contributed by atoms with Gasteiger partial charge in [-0.05, 0) is 43.2 Å². The molecule has 1 fully saturated rings. The third kappa shape index (κ3) is 5.06. The predicted octanol–water partition coefficient (Wildman–Crippen LogP) is 3.90. The Morgan fingerprint density at radius 1 is 1.21 bits per heavy atom. The maximum Gasteiger partial charge on any atom is 0.222 e. The molecular weight excluding hydrogens is 386 g/mol. The van der Waals surface area contributed by atoms with Crippen molar-refractivity contribution in [1.82, 2.24) is 4.90 Å². The Hall–Kier alpha value is -2.18. The van der Waals surface area contributed by atoms with Gasteiger partial charge in [0.2, 0.25) is 5.91 Å². The van der Waals surface area contributed by atoms with Gasteiger partial charge in [-0.3, -0.25) is 9.59 Å². The fourth-order valence-corrected chi connectivity index (χ4v) is 4.76. The lowest BCUT2D eigenvalue weighted by Gasteiger charge is -2.33. The molecule has 2 aliphatic rings. The number of morpholine rings is 1. The van der Waals surface area contributed by atoms with E-state index in [1.807, 2.05) is 23.1 Å². The number of thiophene rings is 1. The number of aryl methyl sites for hydroxylation is 1. The quantitative estimate of drug-likeness (QED) is 0.616. The zero-order chi connectivity index (χ0) is 20.1. The lowest BCUT2D eigenvalue weighted by molar-refractivity contribution is -0.140. The highest BCUT2D eigenvalue weighted by atomic mass is 32.1. The number of Topliss-reactive ketones (excluding diaryl/α,β-unsaturated/α-hetero) is 1. The number of carbonyl (C=O) groups excluding carboxylic acids is 2. The van der Waals surface area contributed by atoms with Gasteiger partial charge in [0, 0.05) is 35.4 Å². The number of ketones is 1. The van der Waals surface area contributed by atoms with Crippen molar-refractivity contribution in [2.45, 2.75) is 44.6 Å². The van der Waals surface area contributed by atoms with Gasteiger partial charge in [-0.1, -0.05) is 18.2 Å². The van der Waals surface area contributed by atoms with Gasteiger partial charge in [0.05, 0.1) is 13.2 Å². The average molecular weight is 414 g/mol. The number of hydrogen-bond acceptors (Lipinski definition) is 5. The van der Waals surface area contributed by atoms with E-state index in [-0.39, 0.29) is 17.8 Å². The van der Waals surface area contributed by atoms with Gasteiger partial charge in [0.25, 0.3) is 0 Å². The summed E-state index contributed by atoms with van der Waals surface area (Å²) in [6.45, 7) is 2.15. The predicted molar refractivity (Wildman–Crippen MR) is 113 cm³/mol. The molecule has 0 bridgehead atoms. The molecule has 2 heterocycles. The molecule has 0 radical (unpaired) electrons. The Morgan fingerprint density at radius 3 is 3.00 bits per heavy atom. The van der Waals surface area contributed by atoms with Crippen molar-refractivity contribution in [3.8, 4) is 5.75 Å². The molecule has 1 amide bonds. The molecule has 1 aliphatic carbocycles. The molecule has 0 N–H and O–H groups in total. The first kappa shape index (κ1) is 20.1. The smallest absolute Gasteiger partial charge is 0.222 e. The standard InChI is InChI=1S/C23H27NO4S/c25-21-11-10-20-19(21)7-3-8-22(20)28-16-17-15-24(12-13-27-17)23(26)9-2-1-5-18-6-4-14-29-18/h3-4,6-8,14,17H,1-2,5,9-13,15-16H2. The van der Waals surface area contributed by atoms with E-state index in [0.29, 0.717) is 39.1 Å². The van der Waals surface area contributed by atoms with Gasteiger partial charge in [0.1, 0.15) is 18.5 Å². The number of rotatable bonds is 8. The van der Waals surface area contributed by atoms with Crippen LogP contribution >= 0.6 is 11.3 Å². The number of carbonyl (C=O) groups is 2. The summed E-state index contributed by atoms with van der Waals surface area (Å²) in [5.41, 5.74) is 1.79. The second-order valence-electron chi connectivity index (χ2n) is 7.64. The highest BCUT2D eigenvalue weighted by Crippen LogP contribution is 2.30. The topological polar surface area (TPSA) is 55.8 Å². The average Bonchev–Trinajstić information content (AvgIpc) is 3.40. The largest absolute Gasteiger partial charge is 0.491 e. The van der Waals surface area contributed by atoms with E-state index in [2.05, 4.69) is 17.5 Å². The first-order chi connectivity index (χ1) is 14.2. The molecular formula is C23H27NO4S. The molecule has 1 aromatic heterocycles. The molecule has 2 aromatic rings. The van der Waals surface area contributed by atoms with Crippen LogP contribution in [0.1, 0.15) is 46.5 Å². The van der Waals surface area contributed by atoms with E-state index in [4.69, 9.17) is 9.47 Å². The maximum absolute atomic E-state index is 12.6. The van der Waals surface area contributed by atoms with Crippen molar-refractivity contribution in [2.24, 2.45) is 0 Å². The minimum Gasteiger partial charge on any atom is -0.491 e. The van der Waals surface area contributed by atoms with Crippen LogP contribution in [0.2, 0.25) is 0 Å². The summed E-state index contributed by atoms with van der Waals surface area (Å²) in [5.74, 6) is 1.17. The van der Waals surface area contributed by atoms with Gasteiger partial charge < -0.3 is 14.4 Å². The fraction of sp³-hybridized carbons (Fsp3) is 0.478. The highest BCUT2D eigenvalue weighted by molar-refractivity contribution is 7.09. The van der Waals surface area contributed by atoms with Crippen LogP contribution in [0.15, 0.2) is 35.7 Å². The van der Waals surface area contributed by atoms with E-state index in [1.165, 1.54) is 4.88 Å². The van der Waals surface area contributed by atoms with Crippen molar-refractivity contribution in [2.75, 3.05) is 26.3 Å². The highest BCUT2D eigenvalue weighted by Gasteiger charge is 2.26. The number of amides is 1. The second-order valence-corrected chi connectivity index (χ2v) is 8.67. The summed E-state index contributed by atoms with van der Waals surface area (Å²) >= 11 is 1.78. The maximum atomic E-state index is 12.6. The van der Waals surface area contributed by atoms with Gasteiger partial charge in [-0.25, -0.2) is 0 Å². The summed E-state index contributed by atoms with van der Waals surface area (Å²) in [6, 6.07) is 9.87. The van der Waals surface area contributed by atoms with Crippen LogP contribution in [0.25, 0.3) is 0 Å². The number of benzene rings is 1. The fourth-order valence-electron chi connectivity index (χ4n) is 4.01. The summed E-state index contributed by atoms with van der Waals surface area (Å²) in [6.07, 6.45) is 4.77. The number of unbranched alkanes of at least 4 members (excludes halogenated alkanes) is 1. The molecule has 6 heteroatoms. The van der Waals surface area contributed by atoms with E-state index in [0.717, 1.165) is 42.6 Å². The number of nitrogens with zero attached hydrogens (tertiary/aromatic N) is 1. The molecule has 1 aromatic carbocycles. The SMILES string of the molecule is O=C1CCc2c(OCC3CN(C(=O)CCCCc4cccs4)CCO3)cccc21. The molecule has 0 spiro atoms. The van der Waals surface area contributed by atoms with Crippen molar-refractivity contribution in [1.29, 1.82) is 0 Å². The minimum absolute atomic E-state index is 0.133. The lowest BCUT2D eigenvalue weighted by Crippen LogP contribution is -2.47. The molecule has 0 saturated carbocycles. The number of hydrogen-bond donors (Lipinski definition) is 0. The van der Waals surface area contributed by atoms with Crippen LogP contribution < -0.4 is 4.74 Å². The third-order valence-corrected chi connectivity index (χ3v) is 6.53. The minimum atomic E-state index is -0.133. The molecule has 4 rings (SSSR count). The number of fused-ring (bicyclic) bond motifs is 1. The Kier molecular flexibility index (Phi) is 6.62. The first-order valence-electron chi connectivity index (χ1n) is 10.4. The Balaban J connectivity index is 1.22. The van der Waals surface area contributed by atoms with Crippen molar-refractivity contribution < 1.29 is 19.1 Å². The zero-order valence-electron chi connectivity index (χ0n) is 16.6. The summed E-state index contributed by atoms with van der Waals surface area (Å²) in [7, 11) is 0. The molecule has 1 saturated heterocycles. The van der Waals surface area contributed by atoms with Crippen LogP contribution in [0, 0.1) is 0 Å². The van der Waals surface area contributed by atoms with E-state index in [9.17, 15) is 9.59 Å².